The average Bonchev–Trinajstić information content (AvgIpc) is 2.70. The predicted octanol–water partition coefficient (Wildman–Crippen LogP) is 2.88. The lowest BCUT2D eigenvalue weighted by Gasteiger charge is -2.13. The first kappa shape index (κ1) is 18.3. The molecule has 2 N–H and O–H groups in total. The maximum atomic E-state index is 12.4. The third-order valence-electron chi connectivity index (χ3n) is 4.27. The largest absolute Gasteiger partial charge is 0.497 e. The van der Waals surface area contributed by atoms with Crippen LogP contribution in [0, 0.1) is 0 Å². The van der Waals surface area contributed by atoms with Gasteiger partial charge in [0.2, 0.25) is 0 Å². The lowest BCUT2D eigenvalue weighted by Crippen LogP contribution is -2.29. The number of hydrogen-bond donors (Lipinski definition) is 2. The van der Waals surface area contributed by atoms with Gasteiger partial charge >= 0.3 is 6.03 Å². The molecule has 2 amide bonds. The number of carbonyl (C=O) groups excluding carboxylic acids is 1. The Balaban J connectivity index is 1.79. The van der Waals surface area contributed by atoms with Crippen LogP contribution in [-0.2, 0) is 13.6 Å². The number of anilines is 1. The fourth-order valence-corrected chi connectivity index (χ4v) is 2.88. The number of benzene rings is 2. The predicted molar refractivity (Wildman–Crippen MR) is 105 cm³/mol. The van der Waals surface area contributed by atoms with E-state index in [0.29, 0.717) is 28.0 Å². The van der Waals surface area contributed by atoms with Crippen LogP contribution in [0.15, 0.2) is 53.5 Å². The second-order valence-corrected chi connectivity index (χ2v) is 5.99. The van der Waals surface area contributed by atoms with E-state index in [2.05, 4.69) is 10.6 Å². The number of hydrogen-bond acceptors (Lipinski definition) is 4. The lowest BCUT2D eigenvalue weighted by atomic mass is 10.1. The third-order valence-corrected chi connectivity index (χ3v) is 4.27. The van der Waals surface area contributed by atoms with Crippen molar-refractivity contribution in [1.29, 1.82) is 0 Å². The third kappa shape index (κ3) is 3.87. The van der Waals surface area contributed by atoms with Crippen LogP contribution in [0.2, 0.25) is 0 Å². The zero-order valence-corrected chi connectivity index (χ0v) is 15.4. The van der Waals surface area contributed by atoms with Crippen molar-refractivity contribution in [1.82, 2.24) is 9.88 Å². The van der Waals surface area contributed by atoms with Crippen LogP contribution in [0.4, 0.5) is 10.5 Å². The topological polar surface area (TPSA) is 81.6 Å². The number of ether oxygens (including phenoxy) is 2. The van der Waals surface area contributed by atoms with E-state index in [1.165, 1.54) is 4.57 Å². The van der Waals surface area contributed by atoms with Crippen LogP contribution >= 0.6 is 0 Å². The fourth-order valence-electron chi connectivity index (χ4n) is 2.88. The summed E-state index contributed by atoms with van der Waals surface area (Å²) in [5.41, 5.74) is 1.23. The number of methoxy groups -OCH3 is 2. The van der Waals surface area contributed by atoms with Gasteiger partial charge in [-0.3, -0.25) is 4.79 Å². The van der Waals surface area contributed by atoms with E-state index in [4.69, 9.17) is 9.47 Å². The number of nitrogens with one attached hydrogen (secondary N) is 2. The molecule has 7 nitrogen and oxygen atoms in total. The molecule has 0 spiro atoms. The Morgan fingerprint density at radius 3 is 2.52 bits per heavy atom. The van der Waals surface area contributed by atoms with Gasteiger partial charge in [-0.15, -0.1) is 0 Å². The number of fused-ring (bicyclic) bond motifs is 1. The van der Waals surface area contributed by atoms with Crippen LogP contribution in [0.1, 0.15) is 5.56 Å². The van der Waals surface area contributed by atoms with Crippen molar-refractivity contribution in [3.63, 3.8) is 0 Å². The minimum Gasteiger partial charge on any atom is -0.497 e. The molecule has 0 aliphatic rings. The van der Waals surface area contributed by atoms with Gasteiger partial charge < -0.3 is 24.7 Å². The summed E-state index contributed by atoms with van der Waals surface area (Å²) in [6.07, 6.45) is 1.61. The molecule has 3 rings (SSSR count). The van der Waals surface area contributed by atoms with Gasteiger partial charge in [0.15, 0.2) is 0 Å². The van der Waals surface area contributed by atoms with Gasteiger partial charge in [0.25, 0.3) is 5.56 Å². The normalized spacial score (nSPS) is 10.5. The molecule has 0 aliphatic carbocycles. The highest BCUT2D eigenvalue weighted by Gasteiger charge is 2.11. The van der Waals surface area contributed by atoms with Gasteiger partial charge in [-0.25, -0.2) is 4.79 Å². The second kappa shape index (κ2) is 7.82. The van der Waals surface area contributed by atoms with Gasteiger partial charge in [-0.1, -0.05) is 18.2 Å². The summed E-state index contributed by atoms with van der Waals surface area (Å²) in [7, 11) is 4.80. The van der Waals surface area contributed by atoms with E-state index in [9.17, 15) is 9.59 Å². The van der Waals surface area contributed by atoms with Crippen molar-refractivity contribution >= 4 is 22.5 Å². The Morgan fingerprint density at radius 2 is 1.81 bits per heavy atom. The molecule has 0 saturated carbocycles. The zero-order chi connectivity index (χ0) is 19.4. The van der Waals surface area contributed by atoms with Crippen molar-refractivity contribution in [3.8, 4) is 11.5 Å². The molecule has 1 heterocycles. The Hall–Kier alpha value is -3.48. The Bertz CT molecular complexity index is 1040. The maximum Gasteiger partial charge on any atom is 0.319 e. The molecule has 0 saturated heterocycles. The summed E-state index contributed by atoms with van der Waals surface area (Å²) in [6, 6.07) is 12.2. The molecule has 2 aromatic carbocycles. The Morgan fingerprint density at radius 1 is 1.07 bits per heavy atom. The summed E-state index contributed by atoms with van der Waals surface area (Å²) >= 11 is 0. The summed E-state index contributed by atoms with van der Waals surface area (Å²) in [5.74, 6) is 1.33. The van der Waals surface area contributed by atoms with E-state index in [0.717, 1.165) is 5.56 Å². The van der Waals surface area contributed by atoms with Gasteiger partial charge in [-0.05, 0) is 24.3 Å². The quantitative estimate of drug-likeness (QED) is 0.727. The lowest BCUT2D eigenvalue weighted by molar-refractivity contribution is 0.251. The first-order chi connectivity index (χ1) is 13.0. The smallest absolute Gasteiger partial charge is 0.319 e. The Kier molecular flexibility index (Phi) is 5.30. The van der Waals surface area contributed by atoms with Crippen LogP contribution in [0.5, 0.6) is 11.5 Å². The van der Waals surface area contributed by atoms with Crippen molar-refractivity contribution in [2.24, 2.45) is 7.05 Å². The highest BCUT2D eigenvalue weighted by Crippen LogP contribution is 2.24. The number of carbonyl (C=O) groups is 1. The summed E-state index contributed by atoms with van der Waals surface area (Å²) in [6.45, 7) is 0.260. The Labute approximate surface area is 156 Å². The highest BCUT2D eigenvalue weighted by atomic mass is 16.5. The summed E-state index contributed by atoms with van der Waals surface area (Å²) < 4.78 is 12.0. The molecule has 0 aliphatic heterocycles. The maximum absolute atomic E-state index is 12.4. The molecule has 0 bridgehead atoms. The molecule has 140 valence electrons. The van der Waals surface area contributed by atoms with Crippen LogP contribution in [-0.4, -0.2) is 24.8 Å². The van der Waals surface area contributed by atoms with E-state index >= 15 is 0 Å². The van der Waals surface area contributed by atoms with E-state index in [-0.39, 0.29) is 18.1 Å². The van der Waals surface area contributed by atoms with E-state index in [1.54, 1.807) is 63.9 Å². The van der Waals surface area contributed by atoms with Crippen molar-refractivity contribution < 1.29 is 14.3 Å². The van der Waals surface area contributed by atoms with Gasteiger partial charge in [-0.2, -0.15) is 0 Å². The number of pyridine rings is 1. The molecular formula is C20H21N3O4. The molecule has 0 atom stereocenters. The van der Waals surface area contributed by atoms with E-state index in [1.807, 2.05) is 6.07 Å². The number of rotatable bonds is 5. The second-order valence-electron chi connectivity index (χ2n) is 5.99. The van der Waals surface area contributed by atoms with E-state index < -0.39 is 0 Å². The van der Waals surface area contributed by atoms with Crippen LogP contribution < -0.4 is 25.7 Å². The SMILES string of the molecule is COc1ccc(OC)c(CNC(=O)Nc2cn(C)c(=O)c3ccccc23)c1. The summed E-state index contributed by atoms with van der Waals surface area (Å²) in [5, 5.41) is 6.84. The molecule has 27 heavy (non-hydrogen) atoms. The minimum absolute atomic E-state index is 0.113. The molecule has 0 unspecified atom stereocenters. The number of aromatic nitrogens is 1. The van der Waals surface area contributed by atoms with Crippen LogP contribution in [0.3, 0.4) is 0 Å². The van der Waals surface area contributed by atoms with Crippen LogP contribution in [0.25, 0.3) is 10.8 Å². The first-order valence-corrected chi connectivity index (χ1v) is 8.37. The zero-order valence-electron chi connectivity index (χ0n) is 15.4. The first-order valence-electron chi connectivity index (χ1n) is 8.37. The highest BCUT2D eigenvalue weighted by molar-refractivity contribution is 6.00. The monoisotopic (exact) mass is 367 g/mol. The number of aryl methyl sites for hydroxylation is 1. The number of urea groups is 1. The molecular weight excluding hydrogens is 346 g/mol. The molecule has 3 aromatic rings. The molecule has 7 heteroatoms. The van der Waals surface area contributed by atoms with Gasteiger partial charge in [0.05, 0.1) is 19.9 Å². The fraction of sp³-hybridized carbons (Fsp3) is 0.200. The van der Waals surface area contributed by atoms with Gasteiger partial charge in [0.1, 0.15) is 11.5 Å². The van der Waals surface area contributed by atoms with Crippen molar-refractivity contribution in [3.05, 3.63) is 64.6 Å². The minimum atomic E-state index is -0.385. The number of amides is 2. The molecule has 1 aromatic heterocycles. The molecule has 0 radical (unpaired) electrons. The summed E-state index contributed by atoms with van der Waals surface area (Å²) in [4.78, 5) is 24.6. The molecule has 0 fully saturated rings. The number of nitrogens with zero attached hydrogens (tertiary/aromatic N) is 1. The van der Waals surface area contributed by atoms with Crippen molar-refractivity contribution in [2.75, 3.05) is 19.5 Å². The standard InChI is InChI=1S/C20H21N3O4/c1-23-12-17(15-6-4-5-7-16(15)19(23)24)22-20(25)21-11-13-10-14(26-2)8-9-18(13)27-3/h4-10,12H,11H2,1-3H3,(H2,21,22,25). The average molecular weight is 367 g/mol. The van der Waals surface area contributed by atoms with Crippen molar-refractivity contribution in [2.45, 2.75) is 6.54 Å². The van der Waals surface area contributed by atoms with Gasteiger partial charge in [0, 0.05) is 36.1 Å².